The zero-order valence-corrected chi connectivity index (χ0v) is 11.8. The summed E-state index contributed by atoms with van der Waals surface area (Å²) in [4.78, 5) is 24.0. The second-order valence-electron chi connectivity index (χ2n) is 5.34. The minimum absolute atomic E-state index is 0.0609. The predicted octanol–water partition coefficient (Wildman–Crippen LogP) is 1.25. The third-order valence-corrected chi connectivity index (χ3v) is 3.80. The van der Waals surface area contributed by atoms with Crippen LogP contribution in [0, 0.1) is 0 Å². The van der Waals surface area contributed by atoms with Gasteiger partial charge in [0.15, 0.2) is 0 Å². The summed E-state index contributed by atoms with van der Waals surface area (Å²) in [6.07, 6.45) is 3.33. The molecule has 0 fully saturated rings. The molecule has 5 nitrogen and oxygen atoms in total. The van der Waals surface area contributed by atoms with E-state index in [-0.39, 0.29) is 17.9 Å². The molecule has 0 saturated carbocycles. The van der Waals surface area contributed by atoms with E-state index < -0.39 is 0 Å². The number of primary amides is 1. The number of fused-ring (bicyclic) bond motifs is 1. The number of nitrogens with two attached hydrogens (primary N) is 2. The van der Waals surface area contributed by atoms with Crippen molar-refractivity contribution in [3.05, 3.63) is 29.3 Å². The Labute approximate surface area is 118 Å². The van der Waals surface area contributed by atoms with E-state index in [2.05, 4.69) is 0 Å². The van der Waals surface area contributed by atoms with E-state index in [1.54, 1.807) is 11.9 Å². The molecule has 0 aliphatic carbocycles. The third kappa shape index (κ3) is 3.17. The lowest BCUT2D eigenvalue weighted by Gasteiger charge is -2.14. The monoisotopic (exact) mass is 275 g/mol. The van der Waals surface area contributed by atoms with Crippen LogP contribution in [0.2, 0.25) is 0 Å². The molecular formula is C15H21N3O2. The Bertz CT molecular complexity index is 528. The summed E-state index contributed by atoms with van der Waals surface area (Å²) in [5, 5.41) is 0. The van der Waals surface area contributed by atoms with Crippen molar-refractivity contribution in [3.63, 3.8) is 0 Å². The molecule has 5 heteroatoms. The molecule has 0 aromatic heterocycles. The number of unbranched alkanes of at least 4 members (excludes halogenated alkanes) is 1. The van der Waals surface area contributed by atoms with E-state index >= 15 is 0 Å². The van der Waals surface area contributed by atoms with Gasteiger partial charge < -0.3 is 16.4 Å². The molecule has 1 aliphatic rings. The highest BCUT2D eigenvalue weighted by Gasteiger charge is 2.24. The summed E-state index contributed by atoms with van der Waals surface area (Å²) in [5.74, 6) is -0.148. The summed E-state index contributed by atoms with van der Waals surface area (Å²) in [7, 11) is 1.79. The fraction of sp³-hybridized carbons (Fsp3) is 0.467. The van der Waals surface area contributed by atoms with Crippen molar-refractivity contribution in [2.24, 2.45) is 11.5 Å². The van der Waals surface area contributed by atoms with Gasteiger partial charge in [-0.05, 0) is 30.0 Å². The smallest absolute Gasteiger partial charge is 0.231 e. The van der Waals surface area contributed by atoms with Crippen molar-refractivity contribution in [1.82, 2.24) is 0 Å². The first kappa shape index (κ1) is 14.5. The molecule has 108 valence electrons. The van der Waals surface area contributed by atoms with Crippen LogP contribution in [-0.2, 0) is 16.0 Å². The molecule has 20 heavy (non-hydrogen) atoms. The largest absolute Gasteiger partial charge is 0.370 e. The average molecular weight is 275 g/mol. The third-order valence-electron chi connectivity index (χ3n) is 3.80. The molecule has 0 bridgehead atoms. The van der Waals surface area contributed by atoms with Crippen LogP contribution in [0.1, 0.15) is 42.9 Å². The molecule has 0 spiro atoms. The zero-order chi connectivity index (χ0) is 14.7. The van der Waals surface area contributed by atoms with E-state index in [0.717, 1.165) is 36.1 Å². The summed E-state index contributed by atoms with van der Waals surface area (Å²) in [5.41, 5.74) is 14.3. The zero-order valence-electron chi connectivity index (χ0n) is 11.8. The van der Waals surface area contributed by atoms with Gasteiger partial charge in [0.1, 0.15) is 0 Å². The number of carbonyl (C=O) groups excluding carboxylic acids is 2. The van der Waals surface area contributed by atoms with Crippen molar-refractivity contribution in [3.8, 4) is 0 Å². The fourth-order valence-corrected chi connectivity index (χ4v) is 2.55. The lowest BCUT2D eigenvalue weighted by molar-refractivity contribution is -0.118. The Morgan fingerprint density at radius 2 is 2.15 bits per heavy atom. The van der Waals surface area contributed by atoms with Gasteiger partial charge in [-0.25, -0.2) is 0 Å². The van der Waals surface area contributed by atoms with Gasteiger partial charge in [-0.1, -0.05) is 18.6 Å². The van der Waals surface area contributed by atoms with Crippen LogP contribution in [0.4, 0.5) is 5.69 Å². The summed E-state index contributed by atoms with van der Waals surface area (Å²) >= 11 is 0. The minimum atomic E-state index is -0.266. The van der Waals surface area contributed by atoms with E-state index in [1.165, 1.54) is 0 Å². The maximum absolute atomic E-state index is 11.6. The highest BCUT2D eigenvalue weighted by atomic mass is 16.2. The topological polar surface area (TPSA) is 89.4 Å². The van der Waals surface area contributed by atoms with Crippen LogP contribution in [0.5, 0.6) is 0 Å². The van der Waals surface area contributed by atoms with Crippen LogP contribution >= 0.6 is 0 Å². The molecule has 1 aromatic rings. The Morgan fingerprint density at radius 1 is 1.40 bits per heavy atom. The Morgan fingerprint density at radius 3 is 2.85 bits per heavy atom. The van der Waals surface area contributed by atoms with Gasteiger partial charge in [-0.3, -0.25) is 9.59 Å². The molecule has 0 saturated heterocycles. The first-order valence-corrected chi connectivity index (χ1v) is 6.92. The molecular weight excluding hydrogens is 254 g/mol. The maximum atomic E-state index is 11.6. The molecule has 1 aromatic carbocycles. The molecule has 4 N–H and O–H groups in total. The van der Waals surface area contributed by atoms with Gasteiger partial charge in [-0.15, -0.1) is 0 Å². The lowest BCUT2D eigenvalue weighted by Crippen LogP contribution is -2.20. The molecule has 1 unspecified atom stereocenters. The molecule has 2 amide bonds. The molecule has 0 radical (unpaired) electrons. The SMILES string of the molecule is CN1C(=O)Cc2cc(C(N)CCCCC(N)=O)ccc21. The highest BCUT2D eigenvalue weighted by molar-refractivity contribution is 6.00. The predicted molar refractivity (Wildman–Crippen MR) is 78.1 cm³/mol. The molecule has 1 heterocycles. The van der Waals surface area contributed by atoms with Gasteiger partial charge in [0.25, 0.3) is 0 Å². The van der Waals surface area contributed by atoms with Crippen molar-refractivity contribution in [2.75, 3.05) is 11.9 Å². The first-order chi connectivity index (χ1) is 9.49. The quantitative estimate of drug-likeness (QED) is 0.766. The van der Waals surface area contributed by atoms with Gasteiger partial charge in [-0.2, -0.15) is 0 Å². The van der Waals surface area contributed by atoms with E-state index in [4.69, 9.17) is 11.5 Å². The standard InChI is InChI=1S/C15H21N3O2/c1-18-13-7-6-10(8-11(13)9-15(18)20)12(16)4-2-3-5-14(17)19/h6-8,12H,2-5,9,16H2,1H3,(H2,17,19). The first-order valence-electron chi connectivity index (χ1n) is 6.92. The van der Waals surface area contributed by atoms with Gasteiger partial charge >= 0.3 is 0 Å². The summed E-state index contributed by atoms with van der Waals surface area (Å²) < 4.78 is 0. The lowest BCUT2D eigenvalue weighted by atomic mass is 9.98. The summed E-state index contributed by atoms with van der Waals surface area (Å²) in [6.45, 7) is 0. The van der Waals surface area contributed by atoms with Crippen molar-refractivity contribution in [2.45, 2.75) is 38.1 Å². The second kappa shape index (κ2) is 6.05. The number of hydrogen-bond donors (Lipinski definition) is 2. The van der Waals surface area contributed by atoms with Crippen molar-refractivity contribution < 1.29 is 9.59 Å². The normalized spacial score (nSPS) is 15.3. The Hall–Kier alpha value is -1.88. The number of nitrogens with zero attached hydrogens (tertiary/aromatic N) is 1. The molecule has 2 rings (SSSR count). The van der Waals surface area contributed by atoms with E-state index in [0.29, 0.717) is 12.8 Å². The van der Waals surface area contributed by atoms with Crippen LogP contribution in [-0.4, -0.2) is 18.9 Å². The number of rotatable bonds is 6. The van der Waals surface area contributed by atoms with Gasteiger partial charge in [0.2, 0.25) is 11.8 Å². The maximum Gasteiger partial charge on any atom is 0.231 e. The Balaban J connectivity index is 1.95. The second-order valence-corrected chi connectivity index (χ2v) is 5.34. The van der Waals surface area contributed by atoms with Crippen molar-refractivity contribution in [1.29, 1.82) is 0 Å². The summed E-state index contributed by atoms with van der Waals surface area (Å²) in [6, 6.07) is 5.90. The molecule has 1 atom stereocenters. The van der Waals surface area contributed by atoms with Crippen LogP contribution in [0.25, 0.3) is 0 Å². The number of amides is 2. The van der Waals surface area contributed by atoms with E-state index in [9.17, 15) is 9.59 Å². The average Bonchev–Trinajstić information content (AvgIpc) is 2.69. The Kier molecular flexibility index (Phi) is 4.39. The van der Waals surface area contributed by atoms with Crippen LogP contribution in [0.15, 0.2) is 18.2 Å². The minimum Gasteiger partial charge on any atom is -0.370 e. The fourth-order valence-electron chi connectivity index (χ4n) is 2.55. The van der Waals surface area contributed by atoms with Crippen LogP contribution < -0.4 is 16.4 Å². The van der Waals surface area contributed by atoms with Gasteiger partial charge in [0.05, 0.1) is 6.42 Å². The number of benzene rings is 1. The van der Waals surface area contributed by atoms with Crippen LogP contribution in [0.3, 0.4) is 0 Å². The number of carbonyl (C=O) groups is 2. The number of anilines is 1. The highest BCUT2D eigenvalue weighted by Crippen LogP contribution is 2.30. The van der Waals surface area contributed by atoms with Crippen molar-refractivity contribution >= 4 is 17.5 Å². The number of likely N-dealkylation sites (N-methyl/N-ethyl adjacent to an activating group) is 1. The molecule has 1 aliphatic heterocycles. The van der Waals surface area contributed by atoms with Gasteiger partial charge in [0, 0.05) is 25.2 Å². The van der Waals surface area contributed by atoms with E-state index in [1.807, 2.05) is 18.2 Å². The number of hydrogen-bond acceptors (Lipinski definition) is 3.